The molecule has 2 aliphatic rings. The number of piperazine rings is 1. The van der Waals surface area contributed by atoms with Crippen molar-refractivity contribution in [3.8, 4) is 0 Å². The smallest absolute Gasteiger partial charge is 0.227 e. The van der Waals surface area contributed by atoms with E-state index in [4.69, 9.17) is 11.6 Å². The number of likely N-dealkylation sites (N-methyl/N-ethyl adjacent to an activating group) is 1. The third-order valence-electron chi connectivity index (χ3n) is 5.08. The van der Waals surface area contributed by atoms with Crippen LogP contribution in [0.2, 0.25) is 5.02 Å². The van der Waals surface area contributed by atoms with Crippen molar-refractivity contribution in [1.82, 2.24) is 14.7 Å². The zero-order valence-electron chi connectivity index (χ0n) is 13.9. The molecule has 1 unspecified atom stereocenters. The number of benzene rings is 1. The largest absolute Gasteiger partial charge is 0.340 e. The maximum absolute atomic E-state index is 12.5. The lowest BCUT2D eigenvalue weighted by molar-refractivity contribution is -0.132. The lowest BCUT2D eigenvalue weighted by Crippen LogP contribution is -2.55. The van der Waals surface area contributed by atoms with Crippen LogP contribution in [-0.2, 0) is 11.2 Å². The fourth-order valence-corrected chi connectivity index (χ4v) is 3.89. The number of hydrogen-bond acceptors (Lipinski definition) is 3. The van der Waals surface area contributed by atoms with E-state index in [0.29, 0.717) is 17.5 Å². The van der Waals surface area contributed by atoms with Crippen molar-refractivity contribution in [1.29, 1.82) is 0 Å². The van der Waals surface area contributed by atoms with Crippen molar-refractivity contribution in [2.45, 2.75) is 25.3 Å². The summed E-state index contributed by atoms with van der Waals surface area (Å²) in [6.45, 7) is 6.03. The summed E-state index contributed by atoms with van der Waals surface area (Å²) in [5.41, 5.74) is 0.926. The fraction of sp³-hybridized carbons (Fsp3) is 0.611. The number of likely N-dealkylation sites (tertiary alicyclic amines) is 1. The lowest BCUT2D eigenvalue weighted by atomic mass is 10.0. The van der Waals surface area contributed by atoms with Gasteiger partial charge in [0.15, 0.2) is 0 Å². The van der Waals surface area contributed by atoms with Crippen LogP contribution in [0.4, 0.5) is 0 Å². The summed E-state index contributed by atoms with van der Waals surface area (Å²) in [6, 6.07) is 8.28. The second-order valence-electron chi connectivity index (χ2n) is 6.74. The molecule has 2 saturated heterocycles. The van der Waals surface area contributed by atoms with E-state index < -0.39 is 0 Å². The quantitative estimate of drug-likeness (QED) is 0.846. The Labute approximate surface area is 144 Å². The molecule has 23 heavy (non-hydrogen) atoms. The van der Waals surface area contributed by atoms with Gasteiger partial charge in [0, 0.05) is 43.8 Å². The molecule has 2 aliphatic heterocycles. The molecule has 4 nitrogen and oxygen atoms in total. The van der Waals surface area contributed by atoms with Crippen LogP contribution in [0.25, 0.3) is 0 Å². The highest BCUT2D eigenvalue weighted by Gasteiger charge is 2.28. The first kappa shape index (κ1) is 16.7. The van der Waals surface area contributed by atoms with E-state index in [0.717, 1.165) is 38.3 Å². The summed E-state index contributed by atoms with van der Waals surface area (Å²) in [5, 5.41) is 0.685. The molecule has 2 fully saturated rings. The van der Waals surface area contributed by atoms with Gasteiger partial charge >= 0.3 is 0 Å². The van der Waals surface area contributed by atoms with Gasteiger partial charge in [-0.2, -0.15) is 0 Å². The Kier molecular flexibility index (Phi) is 5.57. The van der Waals surface area contributed by atoms with Crippen LogP contribution < -0.4 is 0 Å². The van der Waals surface area contributed by atoms with Gasteiger partial charge in [0.05, 0.1) is 6.42 Å². The minimum atomic E-state index is 0.193. The van der Waals surface area contributed by atoms with Gasteiger partial charge in [0.1, 0.15) is 0 Å². The Morgan fingerprint density at radius 1 is 1.17 bits per heavy atom. The molecule has 0 spiro atoms. The highest BCUT2D eigenvalue weighted by atomic mass is 35.5. The van der Waals surface area contributed by atoms with E-state index in [1.807, 2.05) is 29.2 Å². The molecule has 0 bridgehead atoms. The average molecular weight is 336 g/mol. The monoisotopic (exact) mass is 335 g/mol. The molecule has 2 heterocycles. The van der Waals surface area contributed by atoms with E-state index in [1.54, 1.807) is 0 Å². The highest BCUT2D eigenvalue weighted by molar-refractivity contribution is 6.31. The standard InChI is InChI=1S/C18H26ClN3O/c1-20-8-4-6-16(14-20)21-9-11-22(12-10-21)18(23)13-15-5-2-3-7-17(15)19/h2-3,5,7,16H,4,6,8-14H2,1H3. The molecular formula is C18H26ClN3O. The second-order valence-corrected chi connectivity index (χ2v) is 7.15. The zero-order chi connectivity index (χ0) is 16.2. The molecule has 5 heteroatoms. The Morgan fingerprint density at radius 2 is 1.91 bits per heavy atom. The molecular weight excluding hydrogens is 310 g/mol. The molecule has 0 N–H and O–H groups in total. The zero-order valence-corrected chi connectivity index (χ0v) is 14.6. The molecule has 3 rings (SSSR count). The molecule has 0 saturated carbocycles. The molecule has 126 valence electrons. The van der Waals surface area contributed by atoms with Gasteiger partial charge in [-0.1, -0.05) is 29.8 Å². The van der Waals surface area contributed by atoms with Crippen LogP contribution in [0, 0.1) is 0 Å². The molecule has 1 atom stereocenters. The van der Waals surface area contributed by atoms with Crippen molar-refractivity contribution < 1.29 is 4.79 Å². The molecule has 1 aromatic rings. The van der Waals surface area contributed by atoms with Gasteiger partial charge in [-0.05, 0) is 38.1 Å². The predicted molar refractivity (Wildman–Crippen MR) is 93.8 cm³/mol. The first-order valence-corrected chi connectivity index (χ1v) is 8.95. The van der Waals surface area contributed by atoms with Gasteiger partial charge in [0.25, 0.3) is 0 Å². The van der Waals surface area contributed by atoms with Gasteiger partial charge < -0.3 is 9.80 Å². The number of halogens is 1. The minimum absolute atomic E-state index is 0.193. The first-order chi connectivity index (χ1) is 11.1. The molecule has 1 aromatic carbocycles. The Balaban J connectivity index is 1.50. The Bertz CT molecular complexity index is 543. The summed E-state index contributed by atoms with van der Waals surface area (Å²) in [5.74, 6) is 0.193. The van der Waals surface area contributed by atoms with E-state index in [-0.39, 0.29) is 5.91 Å². The van der Waals surface area contributed by atoms with Gasteiger partial charge in [-0.15, -0.1) is 0 Å². The maximum Gasteiger partial charge on any atom is 0.227 e. The first-order valence-electron chi connectivity index (χ1n) is 8.57. The number of hydrogen-bond donors (Lipinski definition) is 0. The molecule has 0 aliphatic carbocycles. The van der Waals surface area contributed by atoms with Crippen molar-refractivity contribution in [3.05, 3.63) is 34.9 Å². The lowest BCUT2D eigenvalue weighted by Gasteiger charge is -2.42. The van der Waals surface area contributed by atoms with E-state index in [1.165, 1.54) is 19.4 Å². The van der Waals surface area contributed by atoms with Crippen LogP contribution >= 0.6 is 11.6 Å². The number of rotatable bonds is 3. The number of carbonyl (C=O) groups is 1. The average Bonchev–Trinajstić information content (AvgIpc) is 2.57. The van der Waals surface area contributed by atoms with Gasteiger partial charge in [-0.3, -0.25) is 9.69 Å². The Morgan fingerprint density at radius 3 is 2.61 bits per heavy atom. The maximum atomic E-state index is 12.5. The topological polar surface area (TPSA) is 26.8 Å². The molecule has 0 radical (unpaired) electrons. The summed E-state index contributed by atoms with van der Waals surface area (Å²) in [7, 11) is 2.20. The van der Waals surface area contributed by atoms with E-state index in [2.05, 4.69) is 16.8 Å². The minimum Gasteiger partial charge on any atom is -0.340 e. The normalized spacial score (nSPS) is 23.9. The SMILES string of the molecule is CN1CCCC(N2CCN(C(=O)Cc3ccccc3Cl)CC2)C1. The fourth-order valence-electron chi connectivity index (χ4n) is 3.69. The second kappa shape index (κ2) is 7.65. The number of piperidine rings is 1. The number of nitrogens with zero attached hydrogens (tertiary/aromatic N) is 3. The third-order valence-corrected chi connectivity index (χ3v) is 5.45. The predicted octanol–water partition coefficient (Wildman–Crippen LogP) is 2.12. The van der Waals surface area contributed by atoms with Crippen molar-refractivity contribution in [3.63, 3.8) is 0 Å². The number of carbonyl (C=O) groups excluding carboxylic acids is 1. The molecule has 1 amide bonds. The van der Waals surface area contributed by atoms with Crippen molar-refractivity contribution in [2.75, 3.05) is 46.3 Å². The molecule has 0 aromatic heterocycles. The number of amides is 1. The van der Waals surface area contributed by atoms with Crippen LogP contribution in [0.15, 0.2) is 24.3 Å². The van der Waals surface area contributed by atoms with Crippen molar-refractivity contribution in [2.24, 2.45) is 0 Å². The summed E-state index contributed by atoms with van der Waals surface area (Å²) in [6.07, 6.45) is 2.98. The summed E-state index contributed by atoms with van der Waals surface area (Å²) in [4.78, 5) is 19.5. The van der Waals surface area contributed by atoms with E-state index in [9.17, 15) is 4.79 Å². The summed E-state index contributed by atoms with van der Waals surface area (Å²) < 4.78 is 0. The van der Waals surface area contributed by atoms with Gasteiger partial charge in [-0.25, -0.2) is 0 Å². The summed E-state index contributed by atoms with van der Waals surface area (Å²) >= 11 is 6.16. The Hall–Kier alpha value is -1.10. The van der Waals surface area contributed by atoms with Crippen LogP contribution in [0.5, 0.6) is 0 Å². The van der Waals surface area contributed by atoms with Crippen LogP contribution in [0.1, 0.15) is 18.4 Å². The van der Waals surface area contributed by atoms with Crippen LogP contribution in [0.3, 0.4) is 0 Å². The van der Waals surface area contributed by atoms with E-state index >= 15 is 0 Å². The van der Waals surface area contributed by atoms with Gasteiger partial charge in [0.2, 0.25) is 5.91 Å². The van der Waals surface area contributed by atoms with Crippen molar-refractivity contribution >= 4 is 17.5 Å². The third kappa shape index (κ3) is 4.25. The highest BCUT2D eigenvalue weighted by Crippen LogP contribution is 2.19. The van der Waals surface area contributed by atoms with Crippen LogP contribution in [-0.4, -0.2) is 73.0 Å².